The summed E-state index contributed by atoms with van der Waals surface area (Å²) in [5.41, 5.74) is 0. The van der Waals surface area contributed by atoms with Crippen molar-refractivity contribution in [3.05, 3.63) is 0 Å². The molecule has 19 heavy (non-hydrogen) atoms. The van der Waals surface area contributed by atoms with Crippen LogP contribution in [-0.4, -0.2) is 61.6 Å². The van der Waals surface area contributed by atoms with Gasteiger partial charge in [-0.15, -0.1) is 0 Å². The zero-order valence-corrected chi connectivity index (χ0v) is 11.6. The molecule has 0 spiro atoms. The molecule has 3 unspecified atom stereocenters. The molecule has 0 aliphatic carbocycles. The van der Waals surface area contributed by atoms with Crippen LogP contribution >= 0.6 is 0 Å². The topological polar surface area (TPSA) is 70.7 Å². The molecule has 0 saturated carbocycles. The van der Waals surface area contributed by atoms with E-state index < -0.39 is 0 Å². The number of nitrogens with zero attached hydrogens (tertiary/aromatic N) is 1. The highest BCUT2D eigenvalue weighted by molar-refractivity contribution is 5.89. The van der Waals surface area contributed by atoms with Crippen molar-refractivity contribution < 1.29 is 14.3 Å². The maximum absolute atomic E-state index is 12.6. The maximum atomic E-state index is 12.6. The Hall–Kier alpha value is -1.14. The van der Waals surface area contributed by atoms with Crippen LogP contribution in [0.15, 0.2) is 0 Å². The van der Waals surface area contributed by atoms with Crippen molar-refractivity contribution in [3.8, 4) is 0 Å². The van der Waals surface area contributed by atoms with E-state index in [0.29, 0.717) is 26.3 Å². The molecule has 0 aromatic heterocycles. The largest absolute Gasteiger partial charge is 0.379 e. The minimum Gasteiger partial charge on any atom is -0.379 e. The van der Waals surface area contributed by atoms with Crippen LogP contribution < -0.4 is 10.6 Å². The fraction of sp³-hybridized carbons (Fsp3) is 0.846. The second kappa shape index (κ2) is 6.34. The number of hydrogen-bond acceptors (Lipinski definition) is 4. The first-order valence-corrected chi connectivity index (χ1v) is 7.04. The van der Waals surface area contributed by atoms with Crippen molar-refractivity contribution in [3.63, 3.8) is 0 Å². The van der Waals surface area contributed by atoms with Crippen LogP contribution in [0.4, 0.5) is 0 Å². The van der Waals surface area contributed by atoms with Crippen LogP contribution in [0.5, 0.6) is 0 Å². The van der Waals surface area contributed by atoms with Gasteiger partial charge in [0, 0.05) is 19.1 Å². The van der Waals surface area contributed by atoms with Gasteiger partial charge in [0.2, 0.25) is 11.8 Å². The fourth-order valence-corrected chi connectivity index (χ4v) is 2.63. The van der Waals surface area contributed by atoms with Gasteiger partial charge < -0.3 is 20.3 Å². The normalized spacial score (nSPS) is 31.4. The quantitative estimate of drug-likeness (QED) is 0.711. The van der Waals surface area contributed by atoms with Gasteiger partial charge in [-0.2, -0.15) is 0 Å². The summed E-state index contributed by atoms with van der Waals surface area (Å²) in [4.78, 5) is 25.9. The third kappa shape index (κ3) is 3.06. The van der Waals surface area contributed by atoms with Gasteiger partial charge in [0.1, 0.15) is 6.04 Å². The molecule has 2 N–H and O–H groups in total. The average Bonchev–Trinajstić information content (AvgIpc) is 2.87. The number of rotatable bonds is 4. The molecule has 108 valence electrons. The van der Waals surface area contributed by atoms with Gasteiger partial charge in [-0.1, -0.05) is 6.92 Å². The Morgan fingerprint density at radius 1 is 1.53 bits per heavy atom. The zero-order chi connectivity index (χ0) is 13.8. The zero-order valence-electron chi connectivity index (χ0n) is 11.6. The summed E-state index contributed by atoms with van der Waals surface area (Å²) >= 11 is 0. The molecule has 2 saturated heterocycles. The van der Waals surface area contributed by atoms with Gasteiger partial charge in [0.05, 0.1) is 19.1 Å². The highest BCUT2D eigenvalue weighted by Gasteiger charge is 2.39. The molecule has 2 amide bonds. The minimum atomic E-state index is -0.381. The van der Waals surface area contributed by atoms with Crippen molar-refractivity contribution >= 4 is 11.8 Å². The van der Waals surface area contributed by atoms with Gasteiger partial charge in [-0.25, -0.2) is 0 Å². The van der Waals surface area contributed by atoms with E-state index in [0.717, 1.165) is 13.0 Å². The van der Waals surface area contributed by atoms with Gasteiger partial charge in [-0.05, 0) is 19.9 Å². The first kappa shape index (κ1) is 14.3. The third-order valence-electron chi connectivity index (χ3n) is 3.84. The Morgan fingerprint density at radius 3 is 3.05 bits per heavy atom. The molecular formula is C13H23N3O3. The summed E-state index contributed by atoms with van der Waals surface area (Å²) in [5, 5.41) is 6.13. The molecule has 0 bridgehead atoms. The van der Waals surface area contributed by atoms with Gasteiger partial charge in [0.25, 0.3) is 0 Å². The lowest BCUT2D eigenvalue weighted by Gasteiger charge is -2.35. The Labute approximate surface area is 113 Å². The molecule has 2 aliphatic heterocycles. The molecular weight excluding hydrogens is 246 g/mol. The van der Waals surface area contributed by atoms with Crippen molar-refractivity contribution in [2.24, 2.45) is 5.92 Å². The lowest BCUT2D eigenvalue weighted by atomic mass is 10.00. The van der Waals surface area contributed by atoms with Crippen LogP contribution in [0, 0.1) is 5.92 Å². The Balaban J connectivity index is 1.99. The standard InChI is InChI=1S/C13H23N3O3/c1-3-4-14-11-8-19-7-10(11)13(18)16-6-5-15-12(17)9(16)2/h9-11,14H,3-8H2,1-2H3,(H,15,17). The predicted molar refractivity (Wildman–Crippen MR) is 70.6 cm³/mol. The molecule has 0 aromatic carbocycles. The van der Waals surface area contributed by atoms with Crippen LogP contribution in [0.1, 0.15) is 20.3 Å². The van der Waals surface area contributed by atoms with Gasteiger partial charge >= 0.3 is 0 Å². The van der Waals surface area contributed by atoms with E-state index in [1.54, 1.807) is 11.8 Å². The maximum Gasteiger partial charge on any atom is 0.242 e. The van der Waals surface area contributed by atoms with E-state index in [1.165, 1.54) is 0 Å². The van der Waals surface area contributed by atoms with Crippen LogP contribution in [0.2, 0.25) is 0 Å². The highest BCUT2D eigenvalue weighted by Crippen LogP contribution is 2.19. The smallest absolute Gasteiger partial charge is 0.242 e. The number of hydrogen-bond donors (Lipinski definition) is 2. The van der Waals surface area contributed by atoms with Crippen LogP contribution in [0.25, 0.3) is 0 Å². The number of nitrogens with one attached hydrogen (secondary N) is 2. The molecule has 6 heteroatoms. The fourth-order valence-electron chi connectivity index (χ4n) is 2.63. The lowest BCUT2D eigenvalue weighted by molar-refractivity contribution is -0.145. The number of piperazine rings is 1. The Bertz CT molecular complexity index is 348. The summed E-state index contributed by atoms with van der Waals surface area (Å²) in [6.07, 6.45) is 1.03. The number of carbonyl (C=O) groups excluding carboxylic acids is 2. The molecule has 3 atom stereocenters. The van der Waals surface area contributed by atoms with Crippen LogP contribution in [0.3, 0.4) is 0 Å². The van der Waals surface area contributed by atoms with E-state index >= 15 is 0 Å². The summed E-state index contributed by atoms with van der Waals surface area (Å²) in [6, 6.07) is -0.307. The molecule has 2 rings (SSSR count). The summed E-state index contributed by atoms with van der Waals surface area (Å²) < 4.78 is 5.43. The molecule has 2 heterocycles. The second-order valence-corrected chi connectivity index (χ2v) is 5.20. The summed E-state index contributed by atoms with van der Waals surface area (Å²) in [6.45, 7) is 6.90. The Kier molecular flexibility index (Phi) is 4.76. The van der Waals surface area contributed by atoms with E-state index in [2.05, 4.69) is 17.6 Å². The van der Waals surface area contributed by atoms with Crippen molar-refractivity contribution in [1.29, 1.82) is 0 Å². The predicted octanol–water partition coefficient (Wildman–Crippen LogP) is -0.652. The first-order chi connectivity index (χ1) is 9.15. The average molecular weight is 269 g/mol. The number of ether oxygens (including phenoxy) is 1. The number of amides is 2. The van der Waals surface area contributed by atoms with E-state index in [4.69, 9.17) is 4.74 Å². The van der Waals surface area contributed by atoms with Crippen molar-refractivity contribution in [2.45, 2.75) is 32.4 Å². The molecule has 6 nitrogen and oxygen atoms in total. The number of carbonyl (C=O) groups is 2. The molecule has 2 fully saturated rings. The van der Waals surface area contributed by atoms with E-state index in [9.17, 15) is 9.59 Å². The van der Waals surface area contributed by atoms with Crippen molar-refractivity contribution in [2.75, 3.05) is 32.8 Å². The molecule has 2 aliphatic rings. The van der Waals surface area contributed by atoms with E-state index in [1.807, 2.05) is 0 Å². The summed E-state index contributed by atoms with van der Waals surface area (Å²) in [7, 11) is 0. The minimum absolute atomic E-state index is 0.0356. The SMILES string of the molecule is CCCNC1COCC1C(=O)N1CCNC(=O)C1C. The third-order valence-corrected chi connectivity index (χ3v) is 3.84. The lowest BCUT2D eigenvalue weighted by Crippen LogP contribution is -2.58. The van der Waals surface area contributed by atoms with Crippen LogP contribution in [-0.2, 0) is 14.3 Å². The monoisotopic (exact) mass is 269 g/mol. The second-order valence-electron chi connectivity index (χ2n) is 5.20. The van der Waals surface area contributed by atoms with Crippen molar-refractivity contribution in [1.82, 2.24) is 15.5 Å². The molecule has 0 radical (unpaired) electrons. The highest BCUT2D eigenvalue weighted by atomic mass is 16.5. The van der Waals surface area contributed by atoms with Gasteiger partial charge in [0.15, 0.2) is 0 Å². The molecule has 0 aromatic rings. The van der Waals surface area contributed by atoms with E-state index in [-0.39, 0.29) is 29.8 Å². The summed E-state index contributed by atoms with van der Waals surface area (Å²) in [5.74, 6) is -0.204. The van der Waals surface area contributed by atoms with Gasteiger partial charge in [-0.3, -0.25) is 9.59 Å². The first-order valence-electron chi connectivity index (χ1n) is 7.04. The Morgan fingerprint density at radius 2 is 2.32 bits per heavy atom.